The van der Waals surface area contributed by atoms with Crippen molar-refractivity contribution in [1.82, 2.24) is 0 Å². The molecule has 0 aromatic carbocycles. The molecule has 1 unspecified atom stereocenters. The highest BCUT2D eigenvalue weighted by molar-refractivity contribution is 6.71. The molecule has 0 aromatic rings. The van der Waals surface area contributed by atoms with Gasteiger partial charge in [-0.25, -0.2) is 0 Å². The number of hydrogen-bond donors (Lipinski definition) is 1. The van der Waals surface area contributed by atoms with Crippen LogP contribution in [-0.4, -0.2) is 13.1 Å². The molecule has 0 radical (unpaired) electrons. The molecule has 0 aliphatic carbocycles. The second kappa shape index (κ2) is 3.05. The Balaban J connectivity index is 3.53. The van der Waals surface area contributed by atoms with Gasteiger partial charge in [0.15, 0.2) is 8.32 Å². The summed E-state index contributed by atoms with van der Waals surface area (Å²) in [5.74, 6) is 0. The fraction of sp³-hybridized carbons (Fsp3) is 0.667. The first-order valence-electron chi connectivity index (χ1n) is 2.95. The van der Waals surface area contributed by atoms with Gasteiger partial charge in [-0.2, -0.15) is 0 Å². The van der Waals surface area contributed by atoms with Crippen LogP contribution in [0.25, 0.3) is 0 Å². The zero-order chi connectivity index (χ0) is 6.62. The zero-order valence-corrected chi connectivity index (χ0v) is 6.65. The van der Waals surface area contributed by atoms with Crippen LogP contribution in [0.3, 0.4) is 0 Å². The van der Waals surface area contributed by atoms with Crippen molar-refractivity contribution < 1.29 is 4.80 Å². The van der Waals surface area contributed by atoms with Crippen LogP contribution in [0.2, 0.25) is 18.6 Å². The molecule has 0 rings (SSSR count). The summed E-state index contributed by atoms with van der Waals surface area (Å²) < 4.78 is 0. The molecule has 0 amide bonds. The van der Waals surface area contributed by atoms with Gasteiger partial charge in [0.25, 0.3) is 0 Å². The van der Waals surface area contributed by atoms with Gasteiger partial charge in [0.05, 0.1) is 0 Å². The van der Waals surface area contributed by atoms with Crippen LogP contribution >= 0.6 is 0 Å². The van der Waals surface area contributed by atoms with Crippen LogP contribution in [0, 0.1) is 0 Å². The predicted molar refractivity (Wildman–Crippen MR) is 39.3 cm³/mol. The van der Waals surface area contributed by atoms with Gasteiger partial charge in [-0.1, -0.05) is 13.0 Å². The first kappa shape index (κ1) is 7.92. The fourth-order valence-corrected chi connectivity index (χ4v) is 1.37. The van der Waals surface area contributed by atoms with E-state index >= 15 is 0 Å². The van der Waals surface area contributed by atoms with E-state index in [1.807, 2.05) is 13.5 Å². The molecule has 0 saturated heterocycles. The molecule has 2 heteroatoms. The normalized spacial score (nSPS) is 17.4. The van der Waals surface area contributed by atoms with Crippen LogP contribution in [0.1, 0.15) is 6.92 Å². The molecule has 1 atom stereocenters. The van der Waals surface area contributed by atoms with Crippen LogP contribution < -0.4 is 0 Å². The largest absolute Gasteiger partial charge is 0.432 e. The molecule has 0 fully saturated rings. The summed E-state index contributed by atoms with van der Waals surface area (Å²) >= 11 is 0. The molecule has 48 valence electrons. The zero-order valence-electron chi connectivity index (χ0n) is 5.65. The van der Waals surface area contributed by atoms with E-state index in [4.69, 9.17) is 0 Å². The minimum Gasteiger partial charge on any atom is -0.432 e. The van der Waals surface area contributed by atoms with E-state index in [0.717, 1.165) is 12.1 Å². The Morgan fingerprint density at radius 1 is 1.75 bits per heavy atom. The molecular formula is C6H14OSi. The highest BCUT2D eigenvalue weighted by Crippen LogP contribution is 2.09. The van der Waals surface area contributed by atoms with Gasteiger partial charge in [-0.15, -0.1) is 6.58 Å². The highest BCUT2D eigenvalue weighted by Gasteiger charge is 2.18. The molecule has 0 bridgehead atoms. The summed E-state index contributed by atoms with van der Waals surface area (Å²) in [5.41, 5.74) is 0. The minimum absolute atomic E-state index is 0.823. The standard InChI is InChI=1S/C6H14OSi/c1-4-6-8(3,7)5-2/h4,7H,1,5-6H2,2-3H3. The van der Waals surface area contributed by atoms with E-state index in [0.29, 0.717) is 0 Å². The summed E-state index contributed by atoms with van der Waals surface area (Å²) in [4.78, 5) is 9.39. The summed E-state index contributed by atoms with van der Waals surface area (Å²) in [7, 11) is -1.80. The first-order valence-corrected chi connectivity index (χ1v) is 5.82. The fourth-order valence-electron chi connectivity index (χ4n) is 0.455. The maximum Gasteiger partial charge on any atom is 0.189 e. The third-order valence-corrected chi connectivity index (χ3v) is 4.04. The Kier molecular flexibility index (Phi) is 3.01. The van der Waals surface area contributed by atoms with Crippen LogP contribution in [-0.2, 0) is 0 Å². The Bertz CT molecular complexity index is 78.6. The van der Waals surface area contributed by atoms with Gasteiger partial charge in [0.1, 0.15) is 0 Å². The lowest BCUT2D eigenvalue weighted by Gasteiger charge is -2.13. The van der Waals surface area contributed by atoms with Gasteiger partial charge >= 0.3 is 0 Å². The molecule has 8 heavy (non-hydrogen) atoms. The molecule has 1 N–H and O–H groups in total. The third kappa shape index (κ3) is 2.99. The van der Waals surface area contributed by atoms with Gasteiger partial charge in [0, 0.05) is 0 Å². The Labute approximate surface area is 52.2 Å². The lowest BCUT2D eigenvalue weighted by atomic mass is 10.8. The summed E-state index contributed by atoms with van der Waals surface area (Å²) in [6.45, 7) is 7.55. The van der Waals surface area contributed by atoms with Crippen molar-refractivity contribution in [3.63, 3.8) is 0 Å². The van der Waals surface area contributed by atoms with E-state index in [9.17, 15) is 4.80 Å². The summed E-state index contributed by atoms with van der Waals surface area (Å²) in [6, 6.07) is 1.75. The molecule has 0 aliphatic heterocycles. The van der Waals surface area contributed by atoms with Crippen LogP contribution in [0.4, 0.5) is 0 Å². The summed E-state index contributed by atoms with van der Waals surface area (Å²) in [5, 5.41) is 0. The van der Waals surface area contributed by atoms with Crippen molar-refractivity contribution in [1.29, 1.82) is 0 Å². The molecule has 0 aliphatic rings. The second-order valence-electron chi connectivity index (χ2n) is 2.34. The van der Waals surface area contributed by atoms with Crippen molar-refractivity contribution in [3.8, 4) is 0 Å². The van der Waals surface area contributed by atoms with Gasteiger partial charge in [-0.05, 0) is 18.6 Å². The molecule has 0 heterocycles. The maximum absolute atomic E-state index is 9.39. The van der Waals surface area contributed by atoms with Gasteiger partial charge in [-0.3, -0.25) is 0 Å². The maximum atomic E-state index is 9.39. The Morgan fingerprint density at radius 2 is 2.25 bits per heavy atom. The molecule has 0 saturated carbocycles. The van der Waals surface area contributed by atoms with E-state index < -0.39 is 8.32 Å². The highest BCUT2D eigenvalue weighted by atomic mass is 28.4. The average molecular weight is 130 g/mol. The minimum atomic E-state index is -1.80. The number of allylic oxidation sites excluding steroid dienone is 1. The van der Waals surface area contributed by atoms with Crippen LogP contribution in [0.15, 0.2) is 12.7 Å². The van der Waals surface area contributed by atoms with Crippen molar-refractivity contribution >= 4 is 8.32 Å². The number of hydrogen-bond acceptors (Lipinski definition) is 1. The Morgan fingerprint density at radius 3 is 2.38 bits per heavy atom. The molecule has 1 nitrogen and oxygen atoms in total. The monoisotopic (exact) mass is 130 g/mol. The van der Waals surface area contributed by atoms with Gasteiger partial charge in [0.2, 0.25) is 0 Å². The van der Waals surface area contributed by atoms with Crippen molar-refractivity contribution in [2.24, 2.45) is 0 Å². The van der Waals surface area contributed by atoms with E-state index in [1.54, 1.807) is 6.08 Å². The topological polar surface area (TPSA) is 20.2 Å². The lowest BCUT2D eigenvalue weighted by Crippen LogP contribution is -2.27. The SMILES string of the molecule is C=CC[Si](C)(O)CC. The summed E-state index contributed by atoms with van der Waals surface area (Å²) in [6.07, 6.45) is 1.80. The predicted octanol–water partition coefficient (Wildman–Crippen LogP) is 1.76. The molecule has 0 spiro atoms. The second-order valence-corrected chi connectivity index (χ2v) is 6.45. The molecular weight excluding hydrogens is 116 g/mol. The average Bonchev–Trinajstić information content (AvgIpc) is 1.67. The van der Waals surface area contributed by atoms with Crippen molar-refractivity contribution in [2.75, 3.05) is 0 Å². The van der Waals surface area contributed by atoms with E-state index in [1.165, 1.54) is 0 Å². The quantitative estimate of drug-likeness (QED) is 0.456. The third-order valence-electron chi connectivity index (χ3n) is 1.35. The van der Waals surface area contributed by atoms with E-state index in [2.05, 4.69) is 6.58 Å². The van der Waals surface area contributed by atoms with Crippen molar-refractivity contribution in [2.45, 2.75) is 25.6 Å². The smallest absolute Gasteiger partial charge is 0.189 e. The first-order chi connectivity index (χ1) is 3.62. The van der Waals surface area contributed by atoms with Crippen LogP contribution in [0.5, 0.6) is 0 Å². The Hall–Kier alpha value is -0.0831. The van der Waals surface area contributed by atoms with E-state index in [-0.39, 0.29) is 0 Å². The molecule has 0 aromatic heterocycles. The number of rotatable bonds is 3. The van der Waals surface area contributed by atoms with Crippen molar-refractivity contribution in [3.05, 3.63) is 12.7 Å². The van der Waals surface area contributed by atoms with Gasteiger partial charge < -0.3 is 4.80 Å². The lowest BCUT2D eigenvalue weighted by molar-refractivity contribution is 0.545.